The highest BCUT2D eigenvalue weighted by Gasteiger charge is 2.13. The Balaban J connectivity index is 1.95. The van der Waals surface area contributed by atoms with E-state index in [9.17, 15) is 0 Å². The maximum absolute atomic E-state index is 6.69. The minimum Gasteiger partial charge on any atom is -0.398 e. The normalized spacial score (nSPS) is 10.8. The second-order valence-corrected chi connectivity index (χ2v) is 7.58. The average molecular weight is 364 g/mol. The number of hydrogen-bond donors (Lipinski definition) is 1. The predicted molar refractivity (Wildman–Crippen MR) is 121 cm³/mol. The summed E-state index contributed by atoms with van der Waals surface area (Å²) in [5, 5.41) is 0. The number of anilines is 1. The third kappa shape index (κ3) is 3.57. The van der Waals surface area contributed by atoms with Crippen LogP contribution in [0.1, 0.15) is 16.7 Å². The van der Waals surface area contributed by atoms with E-state index in [4.69, 9.17) is 5.73 Å². The minimum absolute atomic E-state index is 0.823. The van der Waals surface area contributed by atoms with E-state index in [1.165, 1.54) is 27.8 Å². The van der Waals surface area contributed by atoms with Gasteiger partial charge in [0.15, 0.2) is 0 Å². The Labute approximate surface area is 167 Å². The topological polar surface area (TPSA) is 26.0 Å². The number of rotatable bonds is 3. The van der Waals surface area contributed by atoms with Crippen molar-refractivity contribution in [2.24, 2.45) is 0 Å². The van der Waals surface area contributed by atoms with E-state index >= 15 is 0 Å². The predicted octanol–water partition coefficient (Wildman–Crippen LogP) is 7.20. The molecule has 0 heterocycles. The second-order valence-electron chi connectivity index (χ2n) is 7.58. The molecule has 28 heavy (non-hydrogen) atoms. The van der Waals surface area contributed by atoms with Crippen LogP contribution < -0.4 is 5.73 Å². The van der Waals surface area contributed by atoms with Gasteiger partial charge in [-0.1, -0.05) is 89.5 Å². The molecule has 4 aromatic rings. The zero-order valence-electron chi connectivity index (χ0n) is 16.7. The number of hydrogen-bond acceptors (Lipinski definition) is 1. The molecule has 1 heteroatoms. The van der Waals surface area contributed by atoms with E-state index in [1.807, 2.05) is 0 Å². The van der Waals surface area contributed by atoms with Gasteiger partial charge in [-0.2, -0.15) is 0 Å². The van der Waals surface area contributed by atoms with Gasteiger partial charge < -0.3 is 5.73 Å². The van der Waals surface area contributed by atoms with Crippen LogP contribution in [0, 0.1) is 20.8 Å². The molecular weight excluding hydrogens is 338 g/mol. The molecule has 2 N–H and O–H groups in total. The smallest absolute Gasteiger partial charge is 0.0473 e. The summed E-state index contributed by atoms with van der Waals surface area (Å²) in [7, 11) is 0. The summed E-state index contributed by atoms with van der Waals surface area (Å²) in [5.41, 5.74) is 18.1. The lowest BCUT2D eigenvalue weighted by Crippen LogP contribution is -1.96. The number of nitrogens with two attached hydrogens (primary N) is 1. The van der Waals surface area contributed by atoms with Gasteiger partial charge in [-0.15, -0.1) is 0 Å². The molecule has 0 aromatic heterocycles. The van der Waals surface area contributed by atoms with Crippen molar-refractivity contribution in [3.63, 3.8) is 0 Å². The van der Waals surface area contributed by atoms with Crippen LogP contribution in [0.3, 0.4) is 0 Å². The third-order valence-electron chi connectivity index (χ3n) is 5.29. The molecule has 0 atom stereocenters. The fraction of sp³-hybridized carbons (Fsp3) is 0.111. The van der Waals surface area contributed by atoms with Crippen LogP contribution in [0.2, 0.25) is 0 Å². The van der Waals surface area contributed by atoms with E-state index in [0.717, 1.165) is 27.9 Å². The molecule has 4 aromatic carbocycles. The van der Waals surface area contributed by atoms with E-state index < -0.39 is 0 Å². The van der Waals surface area contributed by atoms with Gasteiger partial charge in [0.05, 0.1) is 0 Å². The van der Waals surface area contributed by atoms with Gasteiger partial charge >= 0.3 is 0 Å². The van der Waals surface area contributed by atoms with Crippen LogP contribution >= 0.6 is 0 Å². The first kappa shape index (κ1) is 18.1. The van der Waals surface area contributed by atoms with Crippen molar-refractivity contribution in [3.8, 4) is 33.4 Å². The SMILES string of the molecule is Cc1ccc(-c2cc(-c3ccc(C)cc3)c(N)c(-c3ccc(C)cc3)c2)cc1. The summed E-state index contributed by atoms with van der Waals surface area (Å²) in [6.07, 6.45) is 0. The van der Waals surface area contributed by atoms with Gasteiger partial charge in [0.1, 0.15) is 0 Å². The van der Waals surface area contributed by atoms with E-state index in [0.29, 0.717) is 0 Å². The zero-order chi connectivity index (χ0) is 19.7. The summed E-state index contributed by atoms with van der Waals surface area (Å²) in [6, 6.07) is 30.2. The van der Waals surface area contributed by atoms with Gasteiger partial charge in [-0.05, 0) is 55.2 Å². The average Bonchev–Trinajstić information content (AvgIpc) is 2.70. The third-order valence-corrected chi connectivity index (χ3v) is 5.29. The molecular formula is C27H25N. The largest absolute Gasteiger partial charge is 0.398 e. The van der Waals surface area contributed by atoms with Gasteiger partial charge in [0, 0.05) is 16.8 Å². The van der Waals surface area contributed by atoms with Crippen molar-refractivity contribution < 1.29 is 0 Å². The maximum atomic E-state index is 6.69. The number of aryl methyl sites for hydroxylation is 3. The molecule has 0 aliphatic carbocycles. The van der Waals surface area contributed by atoms with Gasteiger partial charge in [0.2, 0.25) is 0 Å². The molecule has 0 fully saturated rings. The molecule has 0 saturated heterocycles. The Bertz CT molecular complexity index is 1040. The first-order valence-electron chi connectivity index (χ1n) is 9.66. The van der Waals surface area contributed by atoms with Crippen LogP contribution in [0.4, 0.5) is 5.69 Å². The maximum Gasteiger partial charge on any atom is 0.0473 e. The van der Waals surface area contributed by atoms with E-state index in [-0.39, 0.29) is 0 Å². The summed E-state index contributed by atoms with van der Waals surface area (Å²) in [5.74, 6) is 0. The Hall–Kier alpha value is -3.32. The molecule has 4 rings (SSSR count). The van der Waals surface area contributed by atoms with Crippen molar-refractivity contribution in [1.82, 2.24) is 0 Å². The molecule has 0 radical (unpaired) electrons. The summed E-state index contributed by atoms with van der Waals surface area (Å²) < 4.78 is 0. The quantitative estimate of drug-likeness (QED) is 0.383. The lowest BCUT2D eigenvalue weighted by molar-refractivity contribution is 1.45. The second kappa shape index (κ2) is 7.36. The molecule has 138 valence electrons. The van der Waals surface area contributed by atoms with Gasteiger partial charge in [-0.3, -0.25) is 0 Å². The molecule has 0 aliphatic heterocycles. The first-order chi connectivity index (χ1) is 13.5. The zero-order valence-corrected chi connectivity index (χ0v) is 16.7. The fourth-order valence-corrected chi connectivity index (χ4v) is 3.51. The highest BCUT2D eigenvalue weighted by molar-refractivity contribution is 5.93. The van der Waals surface area contributed by atoms with Crippen LogP contribution in [-0.4, -0.2) is 0 Å². The van der Waals surface area contributed by atoms with Crippen molar-refractivity contribution in [2.75, 3.05) is 5.73 Å². The molecule has 0 spiro atoms. The first-order valence-corrected chi connectivity index (χ1v) is 9.66. The molecule has 0 bridgehead atoms. The van der Waals surface area contributed by atoms with Crippen LogP contribution in [0.15, 0.2) is 84.9 Å². The van der Waals surface area contributed by atoms with E-state index in [1.54, 1.807) is 0 Å². The van der Waals surface area contributed by atoms with Crippen molar-refractivity contribution in [3.05, 3.63) is 102 Å². The van der Waals surface area contributed by atoms with Crippen molar-refractivity contribution in [1.29, 1.82) is 0 Å². The summed E-state index contributed by atoms with van der Waals surface area (Å²) >= 11 is 0. The van der Waals surface area contributed by atoms with Crippen LogP contribution in [-0.2, 0) is 0 Å². The van der Waals surface area contributed by atoms with E-state index in [2.05, 4.69) is 106 Å². The lowest BCUT2D eigenvalue weighted by Gasteiger charge is -2.16. The lowest BCUT2D eigenvalue weighted by atomic mass is 9.90. The monoisotopic (exact) mass is 363 g/mol. The number of nitrogen functional groups attached to an aromatic ring is 1. The van der Waals surface area contributed by atoms with Crippen molar-refractivity contribution in [2.45, 2.75) is 20.8 Å². The molecule has 0 aliphatic rings. The molecule has 1 nitrogen and oxygen atoms in total. The Morgan fingerprint density at radius 1 is 0.429 bits per heavy atom. The summed E-state index contributed by atoms with van der Waals surface area (Å²) in [6.45, 7) is 6.32. The standard InChI is InChI=1S/C27H25N/c1-18-4-10-21(11-5-18)24-16-25(22-12-6-19(2)7-13-22)27(28)26(17-24)23-14-8-20(3)9-15-23/h4-17H,28H2,1-3H3. The van der Waals surface area contributed by atoms with Gasteiger partial charge in [0.25, 0.3) is 0 Å². The molecule has 0 saturated carbocycles. The Morgan fingerprint density at radius 3 is 1.11 bits per heavy atom. The Morgan fingerprint density at radius 2 is 0.750 bits per heavy atom. The summed E-state index contributed by atoms with van der Waals surface area (Å²) in [4.78, 5) is 0. The highest BCUT2D eigenvalue weighted by atomic mass is 14.6. The molecule has 0 amide bonds. The minimum atomic E-state index is 0.823. The fourth-order valence-electron chi connectivity index (χ4n) is 3.51. The Kier molecular flexibility index (Phi) is 4.75. The van der Waals surface area contributed by atoms with Crippen molar-refractivity contribution >= 4 is 5.69 Å². The van der Waals surface area contributed by atoms with Crippen LogP contribution in [0.25, 0.3) is 33.4 Å². The van der Waals surface area contributed by atoms with Crippen LogP contribution in [0.5, 0.6) is 0 Å². The highest BCUT2D eigenvalue weighted by Crippen LogP contribution is 2.39. The molecule has 0 unspecified atom stereocenters. The van der Waals surface area contributed by atoms with Gasteiger partial charge in [-0.25, -0.2) is 0 Å². The number of benzene rings is 4.